The largest absolute Gasteiger partial charge is 0.477 e. The van der Waals surface area contributed by atoms with Gasteiger partial charge in [0.05, 0.1) is 18.1 Å². The van der Waals surface area contributed by atoms with Gasteiger partial charge >= 0.3 is 12.0 Å². The number of carbonyl (C=O) groups is 3. The Labute approximate surface area is 141 Å². The third-order valence-electron chi connectivity index (χ3n) is 4.35. The van der Waals surface area contributed by atoms with Crippen LogP contribution in [0.2, 0.25) is 0 Å². The van der Waals surface area contributed by atoms with Gasteiger partial charge in [-0.1, -0.05) is 0 Å². The molecule has 9 heteroatoms. The predicted octanol–water partition coefficient (Wildman–Crippen LogP) is 0.324. The normalized spacial score (nSPS) is 23.8. The van der Waals surface area contributed by atoms with Crippen LogP contribution in [-0.4, -0.2) is 45.2 Å². The van der Waals surface area contributed by atoms with E-state index >= 15 is 0 Å². The molecule has 0 unspecified atom stereocenters. The first-order chi connectivity index (χ1) is 11.3. The lowest BCUT2D eigenvalue weighted by atomic mass is 9.83. The summed E-state index contributed by atoms with van der Waals surface area (Å²) in [6, 6.07) is 0.837. The molecule has 0 saturated carbocycles. The van der Waals surface area contributed by atoms with Crippen LogP contribution in [0.15, 0.2) is 17.1 Å². The minimum Gasteiger partial charge on any atom is -0.477 e. The van der Waals surface area contributed by atoms with Crippen LogP contribution in [0, 0.1) is 5.92 Å². The average molecular weight is 351 g/mol. The number of primary amides is 1. The van der Waals surface area contributed by atoms with Crippen LogP contribution >= 0.6 is 11.3 Å². The first-order valence-electron chi connectivity index (χ1n) is 7.40. The van der Waals surface area contributed by atoms with Gasteiger partial charge in [0.25, 0.3) is 0 Å². The van der Waals surface area contributed by atoms with Gasteiger partial charge in [0.15, 0.2) is 0 Å². The first-order valence-corrected chi connectivity index (χ1v) is 8.28. The van der Waals surface area contributed by atoms with Crippen molar-refractivity contribution in [1.82, 2.24) is 10.2 Å². The number of urea groups is 1. The van der Waals surface area contributed by atoms with E-state index in [0.717, 1.165) is 10.4 Å². The van der Waals surface area contributed by atoms with E-state index in [1.807, 2.05) is 0 Å². The van der Waals surface area contributed by atoms with Crippen molar-refractivity contribution >= 4 is 34.8 Å². The van der Waals surface area contributed by atoms with E-state index in [-0.39, 0.29) is 24.2 Å². The number of hydrogen-bond acceptors (Lipinski definition) is 5. The van der Waals surface area contributed by atoms with Gasteiger partial charge in [0, 0.05) is 17.0 Å². The summed E-state index contributed by atoms with van der Waals surface area (Å²) in [5, 5.41) is 23.5. The maximum Gasteiger partial charge on any atom is 0.352 e. The zero-order chi connectivity index (χ0) is 17.6. The number of nitrogens with one attached hydrogen (secondary N) is 1. The van der Waals surface area contributed by atoms with Gasteiger partial charge in [-0.2, -0.15) is 0 Å². The lowest BCUT2D eigenvalue weighted by molar-refractivity contribution is -0.161. The highest BCUT2D eigenvalue weighted by Gasteiger charge is 2.56. The molecule has 3 heterocycles. The van der Waals surface area contributed by atoms with Gasteiger partial charge in [-0.15, -0.1) is 11.3 Å². The van der Waals surface area contributed by atoms with Crippen molar-refractivity contribution in [2.45, 2.75) is 32.0 Å². The zero-order valence-electron chi connectivity index (χ0n) is 12.9. The fourth-order valence-corrected chi connectivity index (χ4v) is 4.28. The van der Waals surface area contributed by atoms with Crippen molar-refractivity contribution in [1.29, 1.82) is 0 Å². The Morgan fingerprint density at radius 1 is 1.54 bits per heavy atom. The number of β-lactam (4-membered cyclic amide) rings is 1. The molecule has 0 spiro atoms. The molecule has 0 aliphatic carbocycles. The summed E-state index contributed by atoms with van der Waals surface area (Å²) in [6.07, 6.45) is -0.418. The Morgan fingerprint density at radius 2 is 2.25 bits per heavy atom. The fraction of sp³-hybridized carbons (Fsp3) is 0.400. The second-order valence-electron chi connectivity index (χ2n) is 5.92. The zero-order valence-corrected chi connectivity index (χ0v) is 13.7. The van der Waals surface area contributed by atoms with Gasteiger partial charge in [-0.05, 0) is 30.4 Å². The molecule has 3 rings (SSSR count). The molecule has 8 nitrogen and oxygen atoms in total. The van der Waals surface area contributed by atoms with Crippen molar-refractivity contribution in [3.63, 3.8) is 0 Å². The Bertz CT molecular complexity index is 754. The number of aliphatic hydroxyl groups excluding tert-OH is 1. The van der Waals surface area contributed by atoms with Gasteiger partial charge in [0.2, 0.25) is 5.91 Å². The summed E-state index contributed by atoms with van der Waals surface area (Å²) in [6.45, 7) is 1.79. The molecule has 0 bridgehead atoms. The number of rotatable bonds is 5. The lowest BCUT2D eigenvalue weighted by Crippen LogP contribution is -2.61. The minimum absolute atomic E-state index is 0.0156. The SMILES string of the molecule is C[C@@H](O)[C@H]1C(=O)N2C(C(=O)O)=C(c3cc(CNC(N)=O)cs3)C[C@H]12. The Kier molecular flexibility index (Phi) is 4.06. The highest BCUT2D eigenvalue weighted by molar-refractivity contribution is 7.11. The standard InChI is InChI=1S/C15H17N3O5S/c1-6(19)11-9-3-8(12(14(21)22)18(9)13(11)20)10-2-7(5-24-10)4-17-15(16)23/h2,5-6,9,11,19H,3-4H2,1H3,(H,21,22)(H3,16,17,23)/t6-,9-,11-/m1/s1. The van der Waals surface area contributed by atoms with Crippen LogP contribution < -0.4 is 11.1 Å². The molecule has 3 atom stereocenters. The van der Waals surface area contributed by atoms with Gasteiger partial charge in [0.1, 0.15) is 5.70 Å². The Balaban J connectivity index is 1.89. The molecule has 1 aromatic rings. The highest BCUT2D eigenvalue weighted by atomic mass is 32.1. The predicted molar refractivity (Wildman–Crippen MR) is 85.7 cm³/mol. The molecule has 1 aromatic heterocycles. The number of thiophene rings is 1. The molecule has 24 heavy (non-hydrogen) atoms. The van der Waals surface area contributed by atoms with Crippen molar-refractivity contribution < 1.29 is 24.6 Å². The number of hydrogen-bond donors (Lipinski definition) is 4. The van der Waals surface area contributed by atoms with Crippen molar-refractivity contribution in [3.8, 4) is 0 Å². The summed E-state index contributed by atoms with van der Waals surface area (Å²) < 4.78 is 0. The van der Waals surface area contributed by atoms with Gasteiger partial charge in [-0.25, -0.2) is 9.59 Å². The van der Waals surface area contributed by atoms with Crippen LogP contribution in [0.3, 0.4) is 0 Å². The molecule has 128 valence electrons. The number of nitrogens with zero attached hydrogens (tertiary/aromatic N) is 1. The highest BCUT2D eigenvalue weighted by Crippen LogP contribution is 2.47. The summed E-state index contributed by atoms with van der Waals surface area (Å²) in [5.41, 5.74) is 6.40. The molecule has 2 aliphatic rings. The third kappa shape index (κ3) is 2.55. The van der Waals surface area contributed by atoms with Gasteiger partial charge < -0.3 is 26.2 Å². The third-order valence-corrected chi connectivity index (χ3v) is 5.39. The summed E-state index contributed by atoms with van der Waals surface area (Å²) in [7, 11) is 0. The topological polar surface area (TPSA) is 133 Å². The minimum atomic E-state index is -1.16. The molecule has 2 aliphatic heterocycles. The molecule has 0 aromatic carbocycles. The van der Waals surface area contributed by atoms with Crippen LogP contribution in [0.5, 0.6) is 0 Å². The van der Waals surface area contributed by atoms with Crippen LogP contribution in [0.4, 0.5) is 4.79 Å². The average Bonchev–Trinajstić information content (AvgIpc) is 3.06. The van der Waals surface area contributed by atoms with Crippen molar-refractivity contribution in [2.24, 2.45) is 11.7 Å². The summed E-state index contributed by atoms with van der Waals surface area (Å²) >= 11 is 1.35. The number of carbonyl (C=O) groups excluding carboxylic acids is 2. The molecule has 1 fully saturated rings. The number of amides is 3. The van der Waals surface area contributed by atoms with Crippen molar-refractivity contribution in [2.75, 3.05) is 0 Å². The molecule has 1 saturated heterocycles. The lowest BCUT2D eigenvalue weighted by Gasteiger charge is -2.44. The Hall–Kier alpha value is -2.39. The second kappa shape index (κ2) is 5.91. The quantitative estimate of drug-likeness (QED) is 0.567. The summed E-state index contributed by atoms with van der Waals surface area (Å²) in [4.78, 5) is 36.6. The molecule has 0 radical (unpaired) electrons. The number of fused-ring (bicyclic) bond motifs is 1. The van der Waals surface area contributed by atoms with Crippen LogP contribution in [0.25, 0.3) is 5.57 Å². The van der Waals surface area contributed by atoms with Crippen molar-refractivity contribution in [3.05, 3.63) is 27.6 Å². The second-order valence-corrected chi connectivity index (χ2v) is 6.83. The van der Waals surface area contributed by atoms with E-state index in [1.54, 1.807) is 11.4 Å². The van der Waals surface area contributed by atoms with E-state index < -0.39 is 24.0 Å². The van der Waals surface area contributed by atoms with E-state index in [9.17, 15) is 24.6 Å². The summed E-state index contributed by atoms with van der Waals surface area (Å²) in [5.74, 6) is -2.07. The van der Waals surface area contributed by atoms with Crippen LogP contribution in [-0.2, 0) is 16.1 Å². The number of aliphatic hydroxyl groups is 1. The molecule has 5 N–H and O–H groups in total. The van der Waals surface area contributed by atoms with E-state index in [1.165, 1.54) is 23.2 Å². The van der Waals surface area contributed by atoms with Gasteiger partial charge in [-0.3, -0.25) is 4.79 Å². The fourth-order valence-electron chi connectivity index (χ4n) is 3.31. The number of carboxylic acid groups (broad SMARTS) is 1. The molecule has 3 amide bonds. The number of nitrogens with two attached hydrogens (primary N) is 1. The van der Waals surface area contributed by atoms with E-state index in [2.05, 4.69) is 5.32 Å². The maximum absolute atomic E-state index is 12.2. The van der Waals surface area contributed by atoms with E-state index in [0.29, 0.717) is 12.0 Å². The molecular weight excluding hydrogens is 334 g/mol. The Morgan fingerprint density at radius 3 is 2.83 bits per heavy atom. The maximum atomic E-state index is 12.2. The smallest absolute Gasteiger partial charge is 0.352 e. The van der Waals surface area contributed by atoms with Crippen LogP contribution in [0.1, 0.15) is 23.8 Å². The van der Waals surface area contributed by atoms with E-state index in [4.69, 9.17) is 5.73 Å². The first kappa shape index (κ1) is 16.5. The molecular formula is C15H17N3O5S. The number of aliphatic carboxylic acids is 1. The monoisotopic (exact) mass is 351 g/mol. The number of carboxylic acids is 1.